The maximum Gasteiger partial charge on any atom is 0.217 e. The molecule has 0 bridgehead atoms. The minimum Gasteiger partial charge on any atom is -0.497 e. The van der Waals surface area contributed by atoms with Crippen LogP contribution in [0.2, 0.25) is 0 Å². The summed E-state index contributed by atoms with van der Waals surface area (Å²) in [6, 6.07) is 9.65. The zero-order chi connectivity index (χ0) is 16.8. The Labute approximate surface area is 143 Å². The van der Waals surface area contributed by atoms with Gasteiger partial charge in [-0.2, -0.15) is 4.98 Å². The number of aromatic nitrogens is 2. The molecule has 1 aromatic carbocycles. The van der Waals surface area contributed by atoms with E-state index in [9.17, 15) is 0 Å². The van der Waals surface area contributed by atoms with Gasteiger partial charge < -0.3 is 9.47 Å². The number of hydrogen-bond donors (Lipinski definition) is 0. The molecule has 0 unspecified atom stereocenters. The van der Waals surface area contributed by atoms with Gasteiger partial charge >= 0.3 is 0 Å². The predicted octanol–water partition coefficient (Wildman–Crippen LogP) is 3.33. The Kier molecular flexibility index (Phi) is 5.64. The van der Waals surface area contributed by atoms with E-state index in [1.807, 2.05) is 37.3 Å². The van der Waals surface area contributed by atoms with Crippen LogP contribution in [-0.4, -0.2) is 48.2 Å². The van der Waals surface area contributed by atoms with Crippen LogP contribution in [-0.2, 0) is 0 Å². The standard InChI is InChI=1S/C19H25N3O2/c1-15-14-18(24-13-12-22-10-4-3-5-11-22)21-19(20-15)16-6-8-17(23-2)9-7-16/h6-9,14H,3-5,10-13H2,1-2H3. The van der Waals surface area contributed by atoms with Crippen LogP contribution in [0.3, 0.4) is 0 Å². The maximum absolute atomic E-state index is 5.88. The molecule has 5 nitrogen and oxygen atoms in total. The lowest BCUT2D eigenvalue weighted by molar-refractivity contribution is 0.180. The van der Waals surface area contributed by atoms with Crippen LogP contribution >= 0.6 is 0 Å². The molecule has 0 N–H and O–H groups in total. The second kappa shape index (κ2) is 8.11. The van der Waals surface area contributed by atoms with Crippen LogP contribution < -0.4 is 9.47 Å². The first-order valence-electron chi connectivity index (χ1n) is 8.60. The Balaban J connectivity index is 1.64. The van der Waals surface area contributed by atoms with Crippen LogP contribution in [0.15, 0.2) is 30.3 Å². The fourth-order valence-electron chi connectivity index (χ4n) is 2.95. The van der Waals surface area contributed by atoms with E-state index in [0.29, 0.717) is 18.3 Å². The molecule has 3 rings (SSSR count). The molecule has 1 aliphatic rings. The number of methoxy groups -OCH3 is 1. The first-order chi connectivity index (χ1) is 11.7. The van der Waals surface area contributed by atoms with Gasteiger partial charge in [-0.25, -0.2) is 4.98 Å². The smallest absolute Gasteiger partial charge is 0.217 e. The third-order valence-corrected chi connectivity index (χ3v) is 4.29. The van der Waals surface area contributed by atoms with E-state index in [0.717, 1.165) is 23.6 Å². The topological polar surface area (TPSA) is 47.5 Å². The minimum absolute atomic E-state index is 0.644. The highest BCUT2D eigenvalue weighted by molar-refractivity contribution is 5.56. The van der Waals surface area contributed by atoms with Crippen LogP contribution in [0, 0.1) is 6.92 Å². The molecule has 1 fully saturated rings. The summed E-state index contributed by atoms with van der Waals surface area (Å²) in [6.45, 7) is 5.96. The molecule has 0 atom stereocenters. The summed E-state index contributed by atoms with van der Waals surface area (Å²) in [5.41, 5.74) is 1.86. The molecule has 128 valence electrons. The van der Waals surface area contributed by atoms with Crippen molar-refractivity contribution in [3.63, 3.8) is 0 Å². The van der Waals surface area contributed by atoms with Crippen molar-refractivity contribution in [1.29, 1.82) is 0 Å². The predicted molar refractivity (Wildman–Crippen MR) is 94.5 cm³/mol. The van der Waals surface area contributed by atoms with Gasteiger partial charge in [0, 0.05) is 23.9 Å². The van der Waals surface area contributed by atoms with Gasteiger partial charge in [-0.3, -0.25) is 4.90 Å². The molecule has 0 saturated carbocycles. The van der Waals surface area contributed by atoms with Crippen molar-refractivity contribution in [2.45, 2.75) is 26.2 Å². The summed E-state index contributed by atoms with van der Waals surface area (Å²) in [5, 5.41) is 0. The normalized spacial score (nSPS) is 15.2. The van der Waals surface area contributed by atoms with Crippen LogP contribution in [0.1, 0.15) is 25.0 Å². The summed E-state index contributed by atoms with van der Waals surface area (Å²) in [7, 11) is 1.66. The highest BCUT2D eigenvalue weighted by atomic mass is 16.5. The Morgan fingerprint density at radius 2 is 1.79 bits per heavy atom. The molecule has 0 radical (unpaired) electrons. The first kappa shape index (κ1) is 16.7. The number of aryl methyl sites for hydroxylation is 1. The number of rotatable bonds is 6. The molecule has 24 heavy (non-hydrogen) atoms. The quantitative estimate of drug-likeness (QED) is 0.814. The van der Waals surface area contributed by atoms with Crippen LogP contribution in [0.4, 0.5) is 0 Å². The number of benzene rings is 1. The lowest BCUT2D eigenvalue weighted by Gasteiger charge is -2.26. The second-order valence-electron chi connectivity index (χ2n) is 6.15. The fraction of sp³-hybridized carbons (Fsp3) is 0.474. The molecule has 0 amide bonds. The molecular weight excluding hydrogens is 302 g/mol. The highest BCUT2D eigenvalue weighted by Gasteiger charge is 2.11. The molecule has 1 saturated heterocycles. The summed E-state index contributed by atoms with van der Waals surface area (Å²) in [6.07, 6.45) is 3.95. The van der Waals surface area contributed by atoms with Crippen molar-refractivity contribution in [3.05, 3.63) is 36.0 Å². The van der Waals surface area contributed by atoms with Crippen LogP contribution in [0.5, 0.6) is 11.6 Å². The Morgan fingerprint density at radius 3 is 2.50 bits per heavy atom. The summed E-state index contributed by atoms with van der Waals surface area (Å²) >= 11 is 0. The first-order valence-corrected chi connectivity index (χ1v) is 8.60. The van der Waals surface area contributed by atoms with Gasteiger partial charge in [0.05, 0.1) is 7.11 Å². The average Bonchev–Trinajstić information content (AvgIpc) is 2.62. The summed E-state index contributed by atoms with van der Waals surface area (Å²) in [4.78, 5) is 11.5. The molecular formula is C19H25N3O2. The Morgan fingerprint density at radius 1 is 1.04 bits per heavy atom. The Hall–Kier alpha value is -2.14. The molecule has 0 spiro atoms. The molecule has 2 aromatic rings. The lowest BCUT2D eigenvalue weighted by Crippen LogP contribution is -2.33. The third kappa shape index (κ3) is 4.45. The second-order valence-corrected chi connectivity index (χ2v) is 6.15. The van der Waals surface area contributed by atoms with Crippen molar-refractivity contribution in [1.82, 2.24) is 14.9 Å². The zero-order valence-corrected chi connectivity index (χ0v) is 14.5. The average molecular weight is 327 g/mol. The van der Waals surface area contributed by atoms with E-state index in [1.165, 1.54) is 32.4 Å². The monoisotopic (exact) mass is 327 g/mol. The van der Waals surface area contributed by atoms with Gasteiger partial charge in [-0.15, -0.1) is 0 Å². The van der Waals surface area contributed by atoms with Gasteiger partial charge in [0.1, 0.15) is 12.4 Å². The minimum atomic E-state index is 0.644. The molecule has 1 aromatic heterocycles. The van der Waals surface area contributed by atoms with Crippen molar-refractivity contribution in [3.8, 4) is 23.0 Å². The lowest BCUT2D eigenvalue weighted by atomic mass is 10.1. The number of nitrogens with zero attached hydrogens (tertiary/aromatic N) is 3. The molecule has 0 aliphatic carbocycles. The summed E-state index contributed by atoms with van der Waals surface area (Å²) < 4.78 is 11.1. The van der Waals surface area contributed by atoms with E-state index in [1.54, 1.807) is 7.11 Å². The van der Waals surface area contributed by atoms with E-state index >= 15 is 0 Å². The molecule has 2 heterocycles. The molecule has 1 aliphatic heterocycles. The van der Waals surface area contributed by atoms with E-state index in [-0.39, 0.29) is 0 Å². The van der Waals surface area contributed by atoms with Gasteiger partial charge in [0.25, 0.3) is 0 Å². The van der Waals surface area contributed by atoms with Crippen molar-refractivity contribution in [2.75, 3.05) is 33.4 Å². The largest absolute Gasteiger partial charge is 0.497 e. The highest BCUT2D eigenvalue weighted by Crippen LogP contribution is 2.22. The van der Waals surface area contributed by atoms with Gasteiger partial charge in [-0.05, 0) is 57.1 Å². The fourth-order valence-corrected chi connectivity index (χ4v) is 2.95. The van der Waals surface area contributed by atoms with Gasteiger partial charge in [0.2, 0.25) is 5.88 Å². The van der Waals surface area contributed by atoms with Crippen molar-refractivity contribution < 1.29 is 9.47 Å². The number of hydrogen-bond acceptors (Lipinski definition) is 5. The van der Waals surface area contributed by atoms with E-state index in [4.69, 9.17) is 9.47 Å². The van der Waals surface area contributed by atoms with Crippen molar-refractivity contribution in [2.24, 2.45) is 0 Å². The van der Waals surface area contributed by atoms with Gasteiger partial charge in [-0.1, -0.05) is 6.42 Å². The molecule has 5 heteroatoms. The van der Waals surface area contributed by atoms with Gasteiger partial charge in [0.15, 0.2) is 5.82 Å². The van der Waals surface area contributed by atoms with Crippen LogP contribution in [0.25, 0.3) is 11.4 Å². The number of likely N-dealkylation sites (tertiary alicyclic amines) is 1. The summed E-state index contributed by atoms with van der Waals surface area (Å²) in [5.74, 6) is 2.15. The maximum atomic E-state index is 5.88. The SMILES string of the molecule is COc1ccc(-c2nc(C)cc(OCCN3CCCCC3)n2)cc1. The third-order valence-electron chi connectivity index (χ3n) is 4.29. The zero-order valence-electron chi connectivity index (χ0n) is 14.5. The van der Waals surface area contributed by atoms with Crippen molar-refractivity contribution >= 4 is 0 Å². The van der Waals surface area contributed by atoms with E-state index < -0.39 is 0 Å². The number of piperidine rings is 1. The Bertz CT molecular complexity index is 652. The number of ether oxygens (including phenoxy) is 2. The van der Waals surface area contributed by atoms with E-state index in [2.05, 4.69) is 14.9 Å².